The minimum atomic E-state index is -0.445. The fourth-order valence-electron chi connectivity index (χ4n) is 2.28. The van der Waals surface area contributed by atoms with Crippen molar-refractivity contribution in [3.8, 4) is 0 Å². The highest BCUT2D eigenvalue weighted by Crippen LogP contribution is 2.28. The smallest absolute Gasteiger partial charge is 0.229 e. The van der Waals surface area contributed by atoms with Crippen LogP contribution in [0.4, 0.5) is 5.13 Å². The average Bonchev–Trinajstić information content (AvgIpc) is 3.06. The van der Waals surface area contributed by atoms with Crippen molar-refractivity contribution in [2.45, 2.75) is 12.8 Å². The Hall–Kier alpha value is -2.28. The number of hydrogen-bond acceptors (Lipinski definition) is 5. The second kappa shape index (κ2) is 5.61. The van der Waals surface area contributed by atoms with Crippen LogP contribution in [0.15, 0.2) is 30.3 Å². The Balaban J connectivity index is 1.73. The third kappa shape index (κ3) is 2.92. The molecule has 1 aromatic heterocycles. The molecule has 0 bridgehead atoms. The van der Waals surface area contributed by atoms with Gasteiger partial charge in [0.2, 0.25) is 16.9 Å². The zero-order valence-electron chi connectivity index (χ0n) is 11.2. The number of nitrogens with zero attached hydrogens (tertiary/aromatic N) is 3. The fourth-order valence-corrected chi connectivity index (χ4v) is 3.18. The minimum Gasteiger partial charge on any atom is -0.369 e. The van der Waals surface area contributed by atoms with E-state index in [4.69, 9.17) is 5.73 Å². The second-order valence-electron chi connectivity index (χ2n) is 4.95. The Kier molecular flexibility index (Phi) is 3.66. The van der Waals surface area contributed by atoms with E-state index >= 15 is 0 Å². The number of rotatable bonds is 4. The van der Waals surface area contributed by atoms with E-state index in [1.165, 1.54) is 16.2 Å². The summed E-state index contributed by atoms with van der Waals surface area (Å²) in [5, 5.41) is 9.56. The van der Waals surface area contributed by atoms with Crippen molar-refractivity contribution in [2.75, 3.05) is 11.4 Å². The molecule has 1 saturated heterocycles. The Morgan fingerprint density at radius 1 is 1.33 bits per heavy atom. The zero-order chi connectivity index (χ0) is 14.8. The first-order valence-corrected chi connectivity index (χ1v) is 7.41. The quantitative estimate of drug-likeness (QED) is 0.911. The molecular weight excluding hydrogens is 288 g/mol. The van der Waals surface area contributed by atoms with Gasteiger partial charge in [-0.3, -0.25) is 14.5 Å². The summed E-state index contributed by atoms with van der Waals surface area (Å²) in [6, 6.07) is 9.94. The molecule has 2 aromatic rings. The molecule has 1 atom stereocenters. The molecule has 2 heterocycles. The van der Waals surface area contributed by atoms with Crippen LogP contribution in [0, 0.1) is 5.92 Å². The van der Waals surface area contributed by atoms with Gasteiger partial charge in [0.15, 0.2) is 0 Å². The molecule has 1 aliphatic rings. The molecule has 1 aromatic carbocycles. The zero-order valence-corrected chi connectivity index (χ0v) is 12.0. The van der Waals surface area contributed by atoms with E-state index in [2.05, 4.69) is 10.2 Å². The Bertz CT molecular complexity index is 671. The molecule has 2 N–H and O–H groups in total. The van der Waals surface area contributed by atoms with Crippen molar-refractivity contribution in [2.24, 2.45) is 11.7 Å². The molecule has 2 amide bonds. The van der Waals surface area contributed by atoms with Gasteiger partial charge < -0.3 is 5.73 Å². The normalized spacial score (nSPS) is 18.2. The highest BCUT2D eigenvalue weighted by Gasteiger charge is 2.35. The summed E-state index contributed by atoms with van der Waals surface area (Å²) in [4.78, 5) is 24.6. The van der Waals surface area contributed by atoms with Crippen LogP contribution in [0.25, 0.3) is 0 Å². The monoisotopic (exact) mass is 302 g/mol. The van der Waals surface area contributed by atoms with E-state index in [9.17, 15) is 9.59 Å². The summed E-state index contributed by atoms with van der Waals surface area (Å²) in [6.45, 7) is 0.300. The number of amides is 2. The first-order chi connectivity index (χ1) is 10.1. The maximum Gasteiger partial charge on any atom is 0.229 e. The largest absolute Gasteiger partial charge is 0.369 e. The molecule has 7 heteroatoms. The van der Waals surface area contributed by atoms with E-state index in [-0.39, 0.29) is 12.3 Å². The van der Waals surface area contributed by atoms with Crippen LogP contribution >= 0.6 is 11.3 Å². The lowest BCUT2D eigenvalue weighted by Crippen LogP contribution is -2.28. The maximum absolute atomic E-state index is 11.9. The van der Waals surface area contributed by atoms with Gasteiger partial charge in [-0.2, -0.15) is 0 Å². The first-order valence-electron chi connectivity index (χ1n) is 6.59. The number of benzene rings is 1. The number of anilines is 1. The highest BCUT2D eigenvalue weighted by molar-refractivity contribution is 7.15. The maximum atomic E-state index is 11.9. The highest BCUT2D eigenvalue weighted by atomic mass is 32.1. The third-order valence-corrected chi connectivity index (χ3v) is 4.36. The van der Waals surface area contributed by atoms with Gasteiger partial charge in [-0.1, -0.05) is 41.7 Å². The summed E-state index contributed by atoms with van der Waals surface area (Å²) in [7, 11) is 0. The topological polar surface area (TPSA) is 89.2 Å². The summed E-state index contributed by atoms with van der Waals surface area (Å²) >= 11 is 1.37. The lowest BCUT2D eigenvalue weighted by Gasteiger charge is -2.10. The van der Waals surface area contributed by atoms with Crippen LogP contribution in [0.5, 0.6) is 0 Å². The van der Waals surface area contributed by atoms with Crippen LogP contribution < -0.4 is 10.6 Å². The van der Waals surface area contributed by atoms with Crippen LogP contribution in [0.3, 0.4) is 0 Å². The molecule has 1 aliphatic heterocycles. The average molecular weight is 302 g/mol. The number of primary amides is 1. The van der Waals surface area contributed by atoms with Gasteiger partial charge in [-0.05, 0) is 5.56 Å². The Morgan fingerprint density at radius 2 is 2.10 bits per heavy atom. The third-order valence-electron chi connectivity index (χ3n) is 3.41. The second-order valence-corrected chi connectivity index (χ2v) is 5.99. The van der Waals surface area contributed by atoms with Gasteiger partial charge in [0.1, 0.15) is 5.01 Å². The molecule has 21 heavy (non-hydrogen) atoms. The fraction of sp³-hybridized carbons (Fsp3) is 0.286. The standard InChI is InChI=1S/C14H14N4O2S/c15-13(20)10-7-12(19)18(8-10)14-17-16-11(21-14)6-9-4-2-1-3-5-9/h1-5,10H,6-8H2,(H2,15,20). The summed E-state index contributed by atoms with van der Waals surface area (Å²) < 4.78 is 0. The van der Waals surface area contributed by atoms with E-state index < -0.39 is 11.8 Å². The minimum absolute atomic E-state index is 0.124. The van der Waals surface area contributed by atoms with Gasteiger partial charge in [0.25, 0.3) is 0 Å². The molecule has 3 rings (SSSR count). The Morgan fingerprint density at radius 3 is 2.76 bits per heavy atom. The molecular formula is C14H14N4O2S. The van der Waals surface area contributed by atoms with Gasteiger partial charge in [-0.25, -0.2) is 0 Å². The SMILES string of the molecule is NC(=O)C1CC(=O)N(c2nnc(Cc3ccccc3)s2)C1. The van der Waals surface area contributed by atoms with Crippen LogP contribution in [0.1, 0.15) is 17.0 Å². The van der Waals surface area contributed by atoms with Crippen molar-refractivity contribution >= 4 is 28.3 Å². The Labute approximate surface area is 125 Å². The van der Waals surface area contributed by atoms with Gasteiger partial charge in [0, 0.05) is 19.4 Å². The molecule has 108 valence electrons. The van der Waals surface area contributed by atoms with Crippen molar-refractivity contribution in [3.63, 3.8) is 0 Å². The van der Waals surface area contributed by atoms with E-state index in [1.54, 1.807) is 0 Å². The number of nitrogens with two attached hydrogens (primary N) is 1. The van der Waals surface area contributed by atoms with E-state index in [0.29, 0.717) is 18.1 Å². The lowest BCUT2D eigenvalue weighted by molar-refractivity contribution is -0.123. The molecule has 1 unspecified atom stereocenters. The predicted octanol–water partition coefficient (Wildman–Crippen LogP) is 0.967. The van der Waals surface area contributed by atoms with Crippen LogP contribution in [-0.4, -0.2) is 28.6 Å². The van der Waals surface area contributed by atoms with Gasteiger partial charge in [-0.15, -0.1) is 10.2 Å². The first kappa shape index (κ1) is 13.7. The summed E-state index contributed by atoms with van der Waals surface area (Å²) in [5.74, 6) is -1.000. The molecule has 0 spiro atoms. The van der Waals surface area contributed by atoms with Crippen molar-refractivity contribution < 1.29 is 9.59 Å². The number of carbonyl (C=O) groups excluding carboxylic acids is 2. The number of hydrogen-bond donors (Lipinski definition) is 1. The molecule has 0 radical (unpaired) electrons. The number of carbonyl (C=O) groups is 2. The van der Waals surface area contributed by atoms with Crippen molar-refractivity contribution in [1.29, 1.82) is 0 Å². The van der Waals surface area contributed by atoms with Crippen LogP contribution in [-0.2, 0) is 16.0 Å². The van der Waals surface area contributed by atoms with Gasteiger partial charge >= 0.3 is 0 Å². The lowest BCUT2D eigenvalue weighted by atomic mass is 10.1. The predicted molar refractivity (Wildman–Crippen MR) is 78.8 cm³/mol. The molecule has 1 fully saturated rings. The molecule has 6 nitrogen and oxygen atoms in total. The van der Waals surface area contributed by atoms with Crippen molar-refractivity contribution in [3.05, 3.63) is 40.9 Å². The summed E-state index contributed by atoms with van der Waals surface area (Å²) in [6.07, 6.45) is 0.836. The summed E-state index contributed by atoms with van der Waals surface area (Å²) in [5.41, 5.74) is 6.40. The van der Waals surface area contributed by atoms with Crippen molar-refractivity contribution in [1.82, 2.24) is 10.2 Å². The van der Waals surface area contributed by atoms with Crippen LogP contribution in [0.2, 0.25) is 0 Å². The molecule has 0 aliphatic carbocycles. The number of aromatic nitrogens is 2. The van der Waals surface area contributed by atoms with Gasteiger partial charge in [0.05, 0.1) is 5.92 Å². The van der Waals surface area contributed by atoms with E-state index in [0.717, 1.165) is 10.6 Å². The van der Waals surface area contributed by atoms with E-state index in [1.807, 2.05) is 30.3 Å². The molecule has 0 saturated carbocycles.